The van der Waals surface area contributed by atoms with Crippen molar-refractivity contribution in [2.75, 3.05) is 18.9 Å². The highest BCUT2D eigenvalue weighted by molar-refractivity contribution is 7.86. The van der Waals surface area contributed by atoms with Gasteiger partial charge in [0, 0.05) is 20.0 Å². The number of hydrogen-bond acceptors (Lipinski definition) is 12. The predicted molar refractivity (Wildman–Crippen MR) is 147 cm³/mol. The lowest BCUT2D eigenvalue weighted by Gasteiger charge is -2.33. The van der Waals surface area contributed by atoms with Crippen molar-refractivity contribution in [3.8, 4) is 0 Å². The molecule has 1 saturated heterocycles. The molecule has 3 aromatic rings. The zero-order valence-electron chi connectivity index (χ0n) is 23.2. The smallest absolute Gasteiger partial charge is 0.351 e. The van der Waals surface area contributed by atoms with Gasteiger partial charge in [-0.05, 0) is 30.7 Å². The molecule has 0 aliphatic carbocycles. The third-order valence-corrected chi connectivity index (χ3v) is 7.72. The molecule has 0 bridgehead atoms. The van der Waals surface area contributed by atoms with Gasteiger partial charge in [-0.2, -0.15) is 13.4 Å². The van der Waals surface area contributed by atoms with Crippen LogP contribution in [0.25, 0.3) is 0 Å². The van der Waals surface area contributed by atoms with E-state index in [4.69, 9.17) is 28.9 Å². The number of benzene rings is 2. The number of aromatic nitrogens is 2. The van der Waals surface area contributed by atoms with E-state index in [1.165, 1.54) is 24.4 Å². The molecule has 2 N–H and O–H groups in total. The molecule has 14 heteroatoms. The molecule has 1 aliphatic heterocycles. The number of esters is 2. The quantitative estimate of drug-likeness (QED) is 0.250. The third kappa shape index (κ3) is 7.20. The van der Waals surface area contributed by atoms with Crippen LogP contribution in [0.1, 0.15) is 31.2 Å². The van der Waals surface area contributed by atoms with Gasteiger partial charge in [0.25, 0.3) is 10.1 Å². The van der Waals surface area contributed by atoms with Crippen LogP contribution in [0, 0.1) is 6.92 Å². The number of anilines is 1. The van der Waals surface area contributed by atoms with Crippen molar-refractivity contribution in [1.82, 2.24) is 9.55 Å². The summed E-state index contributed by atoms with van der Waals surface area (Å²) < 4.78 is 56.2. The van der Waals surface area contributed by atoms with Gasteiger partial charge in [-0.1, -0.05) is 48.0 Å². The van der Waals surface area contributed by atoms with Crippen molar-refractivity contribution in [3.63, 3.8) is 0 Å². The van der Waals surface area contributed by atoms with E-state index in [0.29, 0.717) is 0 Å². The monoisotopic (exact) mass is 601 g/mol. The summed E-state index contributed by atoms with van der Waals surface area (Å²) in [5.74, 6) is -1.51. The molecule has 0 radical (unpaired) electrons. The maximum absolute atomic E-state index is 13.2. The Kier molecular flexibility index (Phi) is 9.41. The fourth-order valence-electron chi connectivity index (χ4n) is 4.42. The molecule has 0 saturated carbocycles. The SMILES string of the molecule is CC(=O)OC[C@@]1(COS(=O)(=O)c2ccc(C)cc2)O[C@@H](n2ccc(N)nc2=O)[C@H](OC(C)=O)[C@@H]1OCc1ccccc1. The Labute approximate surface area is 242 Å². The summed E-state index contributed by atoms with van der Waals surface area (Å²) in [6, 6.07) is 16.3. The molecule has 2 heterocycles. The number of nitrogen functional groups attached to an aromatic ring is 1. The maximum atomic E-state index is 13.2. The van der Waals surface area contributed by atoms with Crippen LogP contribution >= 0.6 is 0 Å². The second kappa shape index (κ2) is 12.8. The molecule has 42 heavy (non-hydrogen) atoms. The fraction of sp³-hybridized carbons (Fsp3) is 0.357. The molecule has 1 fully saturated rings. The van der Waals surface area contributed by atoms with Crippen molar-refractivity contribution in [2.45, 2.75) is 56.3 Å². The Morgan fingerprint density at radius 3 is 2.33 bits per heavy atom. The minimum atomic E-state index is -4.35. The van der Waals surface area contributed by atoms with Gasteiger partial charge in [-0.15, -0.1) is 0 Å². The number of nitrogens with zero attached hydrogens (tertiary/aromatic N) is 2. The standard InChI is InChI=1S/C28H31N3O10S/c1-18-9-11-22(12-10-18)42(35,36)39-17-28(16-38-19(2)32)25(37-15-21-7-5-4-6-8-21)24(40-20(3)33)26(41-28)31-14-13-23(29)30-27(31)34/h4-14,24-26H,15-17H2,1-3H3,(H2,29,30,34)/t24-,25+,26-,28+/m1/s1. The van der Waals surface area contributed by atoms with Gasteiger partial charge >= 0.3 is 17.6 Å². The Balaban J connectivity index is 1.80. The van der Waals surface area contributed by atoms with Gasteiger partial charge in [0.1, 0.15) is 25.1 Å². The van der Waals surface area contributed by atoms with Gasteiger partial charge in [0.15, 0.2) is 17.9 Å². The lowest BCUT2D eigenvalue weighted by atomic mass is 9.96. The number of nitrogens with two attached hydrogens (primary N) is 1. The highest BCUT2D eigenvalue weighted by Crippen LogP contribution is 2.42. The number of carbonyl (C=O) groups is 2. The van der Waals surface area contributed by atoms with Crippen molar-refractivity contribution in [3.05, 3.63) is 88.5 Å². The zero-order chi connectivity index (χ0) is 30.5. The second-order valence-electron chi connectivity index (χ2n) is 9.72. The largest absolute Gasteiger partial charge is 0.463 e. The van der Waals surface area contributed by atoms with E-state index in [2.05, 4.69) is 4.98 Å². The van der Waals surface area contributed by atoms with Crippen LogP contribution in [-0.2, 0) is 49.4 Å². The van der Waals surface area contributed by atoms with Crippen LogP contribution in [-0.4, -0.2) is 60.9 Å². The topological polar surface area (TPSA) is 175 Å². The Bertz CT molecular complexity index is 1580. The highest BCUT2D eigenvalue weighted by Gasteiger charge is 2.60. The molecule has 1 aliphatic rings. The highest BCUT2D eigenvalue weighted by atomic mass is 32.2. The lowest BCUT2D eigenvalue weighted by molar-refractivity contribution is -0.179. The van der Waals surface area contributed by atoms with Gasteiger partial charge in [-0.25, -0.2) is 4.79 Å². The number of carbonyl (C=O) groups excluding carboxylic acids is 2. The van der Waals surface area contributed by atoms with E-state index in [1.54, 1.807) is 43.3 Å². The summed E-state index contributed by atoms with van der Waals surface area (Å²) in [5, 5.41) is 0. The van der Waals surface area contributed by atoms with Crippen LogP contribution in [0.2, 0.25) is 0 Å². The Hall–Kier alpha value is -4.11. The number of ether oxygens (including phenoxy) is 4. The predicted octanol–water partition coefficient (Wildman–Crippen LogP) is 1.89. The first-order chi connectivity index (χ1) is 19.9. The van der Waals surface area contributed by atoms with Crippen LogP contribution in [0.5, 0.6) is 0 Å². The number of rotatable bonds is 11. The van der Waals surface area contributed by atoms with Crippen LogP contribution in [0.4, 0.5) is 5.82 Å². The molecule has 2 aromatic carbocycles. The minimum Gasteiger partial charge on any atom is -0.463 e. The van der Waals surface area contributed by atoms with E-state index in [9.17, 15) is 22.8 Å². The molecule has 4 rings (SSSR count). The summed E-state index contributed by atoms with van der Waals surface area (Å²) in [6.45, 7) is 2.76. The molecule has 0 unspecified atom stereocenters. The van der Waals surface area contributed by atoms with E-state index in [0.717, 1.165) is 29.5 Å². The number of aryl methyl sites for hydroxylation is 1. The van der Waals surface area contributed by atoms with Crippen molar-refractivity contribution >= 4 is 27.9 Å². The zero-order valence-corrected chi connectivity index (χ0v) is 24.0. The Morgan fingerprint density at radius 1 is 1.02 bits per heavy atom. The molecule has 1 aromatic heterocycles. The normalized spacial score (nSPS) is 22.0. The Morgan fingerprint density at radius 2 is 1.71 bits per heavy atom. The van der Waals surface area contributed by atoms with Crippen LogP contribution < -0.4 is 11.4 Å². The fourth-order valence-corrected chi connectivity index (χ4v) is 5.38. The second-order valence-corrected chi connectivity index (χ2v) is 11.3. The maximum Gasteiger partial charge on any atom is 0.351 e. The lowest BCUT2D eigenvalue weighted by Crippen LogP contribution is -2.53. The molecule has 4 atom stereocenters. The summed E-state index contributed by atoms with van der Waals surface area (Å²) in [5.41, 5.74) is 4.50. The van der Waals surface area contributed by atoms with Gasteiger partial charge in [-0.3, -0.25) is 18.3 Å². The first kappa shape index (κ1) is 30.8. The summed E-state index contributed by atoms with van der Waals surface area (Å²) in [7, 11) is -4.35. The van der Waals surface area contributed by atoms with E-state index in [-0.39, 0.29) is 17.3 Å². The summed E-state index contributed by atoms with van der Waals surface area (Å²) >= 11 is 0. The van der Waals surface area contributed by atoms with Crippen molar-refractivity contribution < 1.29 is 41.1 Å². The molecule has 13 nitrogen and oxygen atoms in total. The van der Waals surface area contributed by atoms with Gasteiger partial charge in [0.2, 0.25) is 0 Å². The third-order valence-electron chi connectivity index (χ3n) is 6.44. The number of hydrogen-bond donors (Lipinski definition) is 1. The van der Waals surface area contributed by atoms with E-state index in [1.807, 2.05) is 6.07 Å². The average molecular weight is 602 g/mol. The molecular formula is C28H31N3O10S. The van der Waals surface area contributed by atoms with Gasteiger partial charge in [0.05, 0.1) is 11.5 Å². The molecule has 224 valence electrons. The van der Waals surface area contributed by atoms with Crippen molar-refractivity contribution in [1.29, 1.82) is 0 Å². The van der Waals surface area contributed by atoms with Crippen molar-refractivity contribution in [2.24, 2.45) is 0 Å². The van der Waals surface area contributed by atoms with Crippen LogP contribution in [0.3, 0.4) is 0 Å². The first-order valence-electron chi connectivity index (χ1n) is 12.8. The molecule has 0 spiro atoms. The first-order valence-corrected chi connectivity index (χ1v) is 14.3. The van der Waals surface area contributed by atoms with E-state index >= 15 is 0 Å². The molecular weight excluding hydrogens is 570 g/mol. The molecule has 0 amide bonds. The summed E-state index contributed by atoms with van der Waals surface area (Å²) in [6.07, 6.45) is -2.75. The summed E-state index contributed by atoms with van der Waals surface area (Å²) in [4.78, 5) is 40.7. The van der Waals surface area contributed by atoms with Gasteiger partial charge < -0.3 is 24.7 Å². The van der Waals surface area contributed by atoms with Crippen LogP contribution in [0.15, 0.2) is 76.6 Å². The van der Waals surface area contributed by atoms with E-state index < -0.39 is 65.0 Å². The minimum absolute atomic E-state index is 0.0409. The average Bonchev–Trinajstić information content (AvgIpc) is 3.23.